The molecule has 0 spiro atoms. The fourth-order valence-electron chi connectivity index (χ4n) is 1.78. The number of nitrogens with one attached hydrogen (secondary N) is 2. The van der Waals surface area contributed by atoms with Gasteiger partial charge in [0.2, 0.25) is 10.0 Å². The average molecular weight is 310 g/mol. The Morgan fingerprint density at radius 3 is 2.43 bits per heavy atom. The molecule has 3 N–H and O–H groups in total. The minimum atomic E-state index is -3.38. The normalized spacial score (nSPS) is 11.1. The molecule has 2 aromatic carbocycles. The molecule has 0 aromatic heterocycles. The highest BCUT2D eigenvalue weighted by Gasteiger charge is 2.07. The Morgan fingerprint density at radius 2 is 1.81 bits per heavy atom. The number of phenols is 1. The summed E-state index contributed by atoms with van der Waals surface area (Å²) in [6.45, 7) is 0.291. The van der Waals surface area contributed by atoms with E-state index < -0.39 is 21.6 Å². The summed E-state index contributed by atoms with van der Waals surface area (Å²) < 4.78 is 38.2. The molecule has 21 heavy (non-hydrogen) atoms. The Labute approximate surface area is 122 Å². The van der Waals surface area contributed by atoms with Gasteiger partial charge in [0.05, 0.1) is 17.6 Å². The number of halogens is 1. The van der Waals surface area contributed by atoms with Gasteiger partial charge in [-0.1, -0.05) is 18.2 Å². The maximum atomic E-state index is 13.2. The number of aromatic hydroxyl groups is 1. The van der Waals surface area contributed by atoms with Gasteiger partial charge in [-0.3, -0.25) is 4.72 Å². The van der Waals surface area contributed by atoms with Crippen LogP contribution < -0.4 is 10.0 Å². The van der Waals surface area contributed by atoms with Crippen LogP contribution in [0.2, 0.25) is 0 Å². The van der Waals surface area contributed by atoms with Crippen molar-refractivity contribution < 1.29 is 17.9 Å². The zero-order valence-corrected chi connectivity index (χ0v) is 12.1. The van der Waals surface area contributed by atoms with E-state index in [0.29, 0.717) is 23.5 Å². The van der Waals surface area contributed by atoms with Gasteiger partial charge in [-0.15, -0.1) is 0 Å². The standard InChI is InChI=1S/C14H15FN2O3S/c1-21(19,20)17-13-5-3-2-4-12(13)16-9-10-6-7-14(18)11(15)8-10/h2-8,16-18H,9H2,1H3. The Morgan fingerprint density at radius 1 is 1.14 bits per heavy atom. The fraction of sp³-hybridized carbons (Fsp3) is 0.143. The molecule has 0 amide bonds. The van der Waals surface area contributed by atoms with Crippen molar-refractivity contribution in [2.75, 3.05) is 16.3 Å². The minimum absolute atomic E-state index is 0.291. The summed E-state index contributed by atoms with van der Waals surface area (Å²) in [7, 11) is -3.38. The summed E-state index contributed by atoms with van der Waals surface area (Å²) in [5, 5.41) is 12.2. The first kappa shape index (κ1) is 15.1. The lowest BCUT2D eigenvalue weighted by atomic mass is 10.2. The topological polar surface area (TPSA) is 78.4 Å². The number of rotatable bonds is 5. The van der Waals surface area contributed by atoms with Crippen molar-refractivity contribution in [3.05, 3.63) is 53.8 Å². The van der Waals surface area contributed by atoms with E-state index >= 15 is 0 Å². The molecule has 0 bridgehead atoms. The van der Waals surface area contributed by atoms with E-state index in [9.17, 15) is 12.8 Å². The van der Waals surface area contributed by atoms with E-state index in [1.807, 2.05) is 0 Å². The molecule has 0 atom stereocenters. The molecule has 2 rings (SSSR count). The molecule has 0 heterocycles. The Hall–Kier alpha value is -2.28. The van der Waals surface area contributed by atoms with Gasteiger partial charge in [-0.05, 0) is 29.8 Å². The highest BCUT2D eigenvalue weighted by Crippen LogP contribution is 2.23. The number of sulfonamides is 1. The van der Waals surface area contributed by atoms with E-state index in [1.54, 1.807) is 30.3 Å². The predicted molar refractivity (Wildman–Crippen MR) is 80.3 cm³/mol. The number of hydrogen-bond donors (Lipinski definition) is 3. The summed E-state index contributed by atoms with van der Waals surface area (Å²) in [5.41, 5.74) is 1.62. The van der Waals surface area contributed by atoms with Crippen molar-refractivity contribution in [1.29, 1.82) is 0 Å². The lowest BCUT2D eigenvalue weighted by Gasteiger charge is -2.13. The molecule has 0 aliphatic carbocycles. The lowest BCUT2D eigenvalue weighted by Crippen LogP contribution is -2.12. The Balaban J connectivity index is 2.14. The second-order valence-electron chi connectivity index (χ2n) is 4.56. The molecule has 2 aromatic rings. The largest absolute Gasteiger partial charge is 0.505 e. The molecule has 7 heteroatoms. The molecule has 5 nitrogen and oxygen atoms in total. The van der Waals surface area contributed by atoms with Gasteiger partial charge in [0, 0.05) is 6.54 Å². The molecule has 0 aliphatic rings. The minimum Gasteiger partial charge on any atom is -0.505 e. The van der Waals surface area contributed by atoms with Crippen molar-refractivity contribution in [3.63, 3.8) is 0 Å². The van der Waals surface area contributed by atoms with Gasteiger partial charge < -0.3 is 10.4 Å². The third-order valence-corrected chi connectivity index (χ3v) is 3.31. The van der Waals surface area contributed by atoms with Crippen LogP contribution in [0.15, 0.2) is 42.5 Å². The van der Waals surface area contributed by atoms with Crippen LogP contribution in [0.3, 0.4) is 0 Å². The van der Waals surface area contributed by atoms with Crippen LogP contribution in [0.25, 0.3) is 0 Å². The Bertz CT molecular complexity index is 748. The van der Waals surface area contributed by atoms with Gasteiger partial charge in [0.1, 0.15) is 0 Å². The van der Waals surface area contributed by atoms with Crippen molar-refractivity contribution >= 4 is 21.4 Å². The summed E-state index contributed by atoms with van der Waals surface area (Å²) in [6, 6.07) is 10.9. The maximum Gasteiger partial charge on any atom is 0.229 e. The van der Waals surface area contributed by atoms with Crippen LogP contribution in [0.5, 0.6) is 5.75 Å². The number of para-hydroxylation sites is 2. The number of anilines is 2. The molecule has 0 saturated heterocycles. The van der Waals surface area contributed by atoms with E-state index in [1.165, 1.54) is 12.1 Å². The second-order valence-corrected chi connectivity index (χ2v) is 6.31. The van der Waals surface area contributed by atoms with Crippen molar-refractivity contribution in [2.24, 2.45) is 0 Å². The second kappa shape index (κ2) is 6.01. The quantitative estimate of drug-likeness (QED) is 0.793. The van der Waals surface area contributed by atoms with Crippen LogP contribution in [0.4, 0.5) is 15.8 Å². The van der Waals surface area contributed by atoms with E-state index in [0.717, 1.165) is 6.26 Å². The van der Waals surface area contributed by atoms with Crippen LogP contribution in [-0.4, -0.2) is 19.8 Å². The molecule has 0 radical (unpaired) electrons. The van der Waals surface area contributed by atoms with Crippen LogP contribution >= 0.6 is 0 Å². The van der Waals surface area contributed by atoms with Crippen molar-refractivity contribution in [1.82, 2.24) is 0 Å². The molecule has 0 unspecified atom stereocenters. The van der Waals surface area contributed by atoms with Crippen molar-refractivity contribution in [3.8, 4) is 5.75 Å². The summed E-state index contributed by atoms with van der Waals surface area (Å²) in [4.78, 5) is 0. The molecule has 112 valence electrons. The van der Waals surface area contributed by atoms with Gasteiger partial charge in [0.25, 0.3) is 0 Å². The third kappa shape index (κ3) is 4.35. The monoisotopic (exact) mass is 310 g/mol. The highest BCUT2D eigenvalue weighted by atomic mass is 32.2. The molecular weight excluding hydrogens is 295 g/mol. The number of benzene rings is 2. The number of hydrogen-bond acceptors (Lipinski definition) is 4. The first-order valence-electron chi connectivity index (χ1n) is 6.13. The van der Waals surface area contributed by atoms with Gasteiger partial charge in [-0.25, -0.2) is 12.8 Å². The molecular formula is C14H15FN2O3S. The van der Waals surface area contributed by atoms with Crippen molar-refractivity contribution in [2.45, 2.75) is 6.54 Å². The van der Waals surface area contributed by atoms with E-state index in [4.69, 9.17) is 5.11 Å². The van der Waals surface area contributed by atoms with Crippen LogP contribution in [0, 0.1) is 5.82 Å². The predicted octanol–water partition coefficient (Wildman–Crippen LogP) is 2.51. The third-order valence-electron chi connectivity index (χ3n) is 2.72. The lowest BCUT2D eigenvalue weighted by molar-refractivity contribution is 0.432. The summed E-state index contributed by atoms with van der Waals surface area (Å²) >= 11 is 0. The van der Waals surface area contributed by atoms with Crippen LogP contribution in [0.1, 0.15) is 5.56 Å². The highest BCUT2D eigenvalue weighted by molar-refractivity contribution is 7.92. The summed E-state index contributed by atoms with van der Waals surface area (Å²) in [6.07, 6.45) is 1.07. The molecule has 0 aliphatic heterocycles. The fourth-order valence-corrected chi connectivity index (χ4v) is 2.36. The van der Waals surface area contributed by atoms with E-state index in [2.05, 4.69) is 10.0 Å². The molecule has 0 saturated carbocycles. The first-order valence-corrected chi connectivity index (χ1v) is 8.02. The smallest absolute Gasteiger partial charge is 0.229 e. The van der Waals surface area contributed by atoms with Gasteiger partial charge in [-0.2, -0.15) is 0 Å². The first-order chi connectivity index (χ1) is 9.85. The van der Waals surface area contributed by atoms with Crippen LogP contribution in [-0.2, 0) is 16.6 Å². The SMILES string of the molecule is CS(=O)(=O)Nc1ccccc1NCc1ccc(O)c(F)c1. The zero-order valence-electron chi connectivity index (χ0n) is 11.3. The van der Waals surface area contributed by atoms with E-state index in [-0.39, 0.29) is 0 Å². The number of phenolic OH excluding ortho intramolecular Hbond substituents is 1. The zero-order chi connectivity index (χ0) is 15.5. The maximum absolute atomic E-state index is 13.2. The van der Waals surface area contributed by atoms with Gasteiger partial charge >= 0.3 is 0 Å². The Kier molecular flexibility index (Phi) is 4.32. The average Bonchev–Trinajstić information content (AvgIpc) is 2.40. The molecule has 0 fully saturated rings. The van der Waals surface area contributed by atoms with Gasteiger partial charge in [0.15, 0.2) is 11.6 Å². The summed E-state index contributed by atoms with van der Waals surface area (Å²) in [5.74, 6) is -1.10.